The van der Waals surface area contributed by atoms with Gasteiger partial charge in [0.1, 0.15) is 12.1 Å². The van der Waals surface area contributed by atoms with Gasteiger partial charge in [0, 0.05) is 50.0 Å². The molecule has 13 heteroatoms. The second-order valence-corrected chi connectivity index (χ2v) is 10.6. The third kappa shape index (κ3) is 6.13. The normalized spacial score (nSPS) is 20.6. The third-order valence-electron chi connectivity index (χ3n) is 6.42. The summed E-state index contributed by atoms with van der Waals surface area (Å²) in [6, 6.07) is 0.731. The van der Waals surface area contributed by atoms with E-state index in [4.69, 9.17) is 4.74 Å². The van der Waals surface area contributed by atoms with Gasteiger partial charge in [-0.3, -0.25) is 9.48 Å². The zero-order chi connectivity index (χ0) is 27.1. The van der Waals surface area contributed by atoms with Gasteiger partial charge in [0.2, 0.25) is 11.9 Å². The van der Waals surface area contributed by atoms with Gasteiger partial charge in [-0.2, -0.15) is 18.3 Å². The molecule has 2 saturated heterocycles. The Morgan fingerprint density at radius 1 is 1.08 bits per heavy atom. The predicted molar refractivity (Wildman–Crippen MR) is 129 cm³/mol. The first-order valence-electron chi connectivity index (χ1n) is 12.2. The number of amides is 2. The van der Waals surface area contributed by atoms with Crippen molar-refractivity contribution in [2.45, 2.75) is 71.4 Å². The molecule has 2 atom stereocenters. The minimum atomic E-state index is -4.62. The average molecular weight is 524 g/mol. The second-order valence-electron chi connectivity index (χ2n) is 10.6. The highest BCUT2D eigenvalue weighted by molar-refractivity contribution is 5.77. The molecule has 0 aromatic carbocycles. The van der Waals surface area contributed by atoms with E-state index >= 15 is 0 Å². The number of aromatic nitrogens is 4. The van der Waals surface area contributed by atoms with Gasteiger partial charge < -0.3 is 19.4 Å². The topological polar surface area (TPSA) is 96.7 Å². The van der Waals surface area contributed by atoms with Gasteiger partial charge in [-0.15, -0.1) is 0 Å². The molecular formula is C24H32F3N7O3. The standard InChI is InChI=1S/C24H32F3N7O3/c1-15-6-7-33(15)21-29-18(10-19(30-21)24(25,26)27)17-11-28-32(13-17)14-20(35)31-8-9-34(16(2)12-31)22(36)37-23(3,4)5/h10-11,13,15-16H,6-9,12,14H2,1-5H3/t15-,16-/m0/s1. The molecule has 4 rings (SSSR count). The monoisotopic (exact) mass is 523 g/mol. The molecule has 0 radical (unpaired) electrons. The van der Waals surface area contributed by atoms with Crippen LogP contribution in [0.3, 0.4) is 0 Å². The van der Waals surface area contributed by atoms with Crippen molar-refractivity contribution in [3.8, 4) is 11.3 Å². The molecule has 4 heterocycles. The molecule has 2 amide bonds. The average Bonchev–Trinajstić information content (AvgIpc) is 3.24. The van der Waals surface area contributed by atoms with Crippen molar-refractivity contribution in [1.82, 2.24) is 29.5 Å². The molecule has 0 N–H and O–H groups in total. The smallest absolute Gasteiger partial charge is 0.433 e. The van der Waals surface area contributed by atoms with E-state index < -0.39 is 23.6 Å². The minimum Gasteiger partial charge on any atom is -0.444 e. The summed E-state index contributed by atoms with van der Waals surface area (Å²) in [5, 5.41) is 4.17. The van der Waals surface area contributed by atoms with Crippen LogP contribution >= 0.6 is 0 Å². The molecule has 2 fully saturated rings. The van der Waals surface area contributed by atoms with Crippen LogP contribution < -0.4 is 4.90 Å². The number of alkyl halides is 3. The molecule has 2 aliphatic rings. The number of carbonyl (C=O) groups is 2. The Morgan fingerprint density at radius 2 is 1.81 bits per heavy atom. The summed E-state index contributed by atoms with van der Waals surface area (Å²) in [4.78, 5) is 38.4. The van der Waals surface area contributed by atoms with Crippen molar-refractivity contribution in [3.05, 3.63) is 24.2 Å². The lowest BCUT2D eigenvalue weighted by atomic mass is 10.1. The minimum absolute atomic E-state index is 0.0317. The van der Waals surface area contributed by atoms with E-state index in [2.05, 4.69) is 15.1 Å². The Kier molecular flexibility index (Phi) is 7.08. The van der Waals surface area contributed by atoms with Crippen molar-refractivity contribution in [2.75, 3.05) is 31.1 Å². The fraction of sp³-hybridized carbons (Fsp3) is 0.625. The Labute approximate surface area is 213 Å². The molecule has 202 valence electrons. The Morgan fingerprint density at radius 3 is 2.38 bits per heavy atom. The molecule has 37 heavy (non-hydrogen) atoms. The van der Waals surface area contributed by atoms with Gasteiger partial charge in [0.25, 0.3) is 0 Å². The number of anilines is 1. The summed E-state index contributed by atoms with van der Waals surface area (Å²) >= 11 is 0. The molecule has 0 saturated carbocycles. The number of halogens is 3. The number of rotatable bonds is 4. The lowest BCUT2D eigenvalue weighted by Gasteiger charge is -2.40. The van der Waals surface area contributed by atoms with Gasteiger partial charge in [0.05, 0.1) is 11.9 Å². The summed E-state index contributed by atoms with van der Waals surface area (Å²) < 4.78 is 47.3. The van der Waals surface area contributed by atoms with E-state index in [0.717, 1.165) is 12.5 Å². The molecule has 0 unspecified atom stereocenters. The van der Waals surface area contributed by atoms with Crippen molar-refractivity contribution >= 4 is 17.9 Å². The van der Waals surface area contributed by atoms with Gasteiger partial charge in [0.15, 0.2) is 5.69 Å². The molecule has 0 aliphatic carbocycles. The van der Waals surface area contributed by atoms with Crippen molar-refractivity contribution in [2.24, 2.45) is 0 Å². The number of hydrogen-bond donors (Lipinski definition) is 0. The summed E-state index contributed by atoms with van der Waals surface area (Å²) in [5.41, 5.74) is -1.18. The van der Waals surface area contributed by atoms with Crippen LogP contribution in [0.25, 0.3) is 11.3 Å². The molecule has 0 bridgehead atoms. The summed E-state index contributed by atoms with van der Waals surface area (Å²) in [6.07, 6.45) is -1.28. The highest BCUT2D eigenvalue weighted by Crippen LogP contribution is 2.33. The number of hydrogen-bond acceptors (Lipinski definition) is 7. The van der Waals surface area contributed by atoms with Crippen LogP contribution in [-0.4, -0.2) is 85.4 Å². The van der Waals surface area contributed by atoms with Gasteiger partial charge in [-0.25, -0.2) is 14.8 Å². The van der Waals surface area contributed by atoms with E-state index in [1.807, 2.05) is 13.8 Å². The van der Waals surface area contributed by atoms with E-state index in [9.17, 15) is 22.8 Å². The lowest BCUT2D eigenvalue weighted by Crippen LogP contribution is -2.56. The molecule has 0 spiro atoms. The first-order valence-corrected chi connectivity index (χ1v) is 12.2. The van der Waals surface area contributed by atoms with Crippen LogP contribution in [-0.2, 0) is 22.3 Å². The number of carbonyl (C=O) groups excluding carboxylic acids is 2. The zero-order valence-electron chi connectivity index (χ0n) is 21.6. The third-order valence-corrected chi connectivity index (χ3v) is 6.42. The number of ether oxygens (including phenoxy) is 1. The van der Waals surface area contributed by atoms with Crippen LogP contribution in [0.15, 0.2) is 18.5 Å². The molecule has 2 aromatic heterocycles. The van der Waals surface area contributed by atoms with Gasteiger partial charge in [-0.05, 0) is 47.1 Å². The second kappa shape index (κ2) is 9.82. The van der Waals surface area contributed by atoms with Gasteiger partial charge >= 0.3 is 12.3 Å². The van der Waals surface area contributed by atoms with Crippen LogP contribution in [0.5, 0.6) is 0 Å². The van der Waals surface area contributed by atoms with Crippen molar-refractivity contribution in [3.63, 3.8) is 0 Å². The maximum atomic E-state index is 13.5. The summed E-state index contributed by atoms with van der Waals surface area (Å²) in [7, 11) is 0. The maximum Gasteiger partial charge on any atom is 0.433 e. The molecule has 10 nitrogen and oxygen atoms in total. The van der Waals surface area contributed by atoms with Crippen LogP contribution in [0.4, 0.5) is 23.9 Å². The molecule has 2 aromatic rings. The highest BCUT2D eigenvalue weighted by atomic mass is 19.4. The fourth-order valence-electron chi connectivity index (χ4n) is 4.27. The first kappa shape index (κ1) is 26.7. The van der Waals surface area contributed by atoms with E-state index in [0.29, 0.717) is 31.7 Å². The molecular weight excluding hydrogens is 491 g/mol. The largest absolute Gasteiger partial charge is 0.444 e. The first-order chi connectivity index (χ1) is 17.2. The highest BCUT2D eigenvalue weighted by Gasteiger charge is 2.36. The van der Waals surface area contributed by atoms with Crippen molar-refractivity contribution < 1.29 is 27.5 Å². The number of nitrogens with zero attached hydrogens (tertiary/aromatic N) is 7. The van der Waals surface area contributed by atoms with Gasteiger partial charge in [-0.1, -0.05) is 0 Å². The summed E-state index contributed by atoms with van der Waals surface area (Å²) in [6.45, 7) is 10.7. The lowest BCUT2D eigenvalue weighted by molar-refractivity contribution is -0.141. The van der Waals surface area contributed by atoms with Crippen LogP contribution in [0, 0.1) is 0 Å². The van der Waals surface area contributed by atoms with Crippen LogP contribution in [0.1, 0.15) is 46.7 Å². The fourth-order valence-corrected chi connectivity index (χ4v) is 4.27. The molecule has 2 aliphatic heterocycles. The predicted octanol–water partition coefficient (Wildman–Crippen LogP) is 3.43. The Balaban J connectivity index is 1.44. The number of piperazine rings is 1. The summed E-state index contributed by atoms with van der Waals surface area (Å²) in [5.74, 6) is -0.177. The Hall–Kier alpha value is -3.38. The van der Waals surface area contributed by atoms with E-state index in [1.165, 1.54) is 17.1 Å². The Bertz CT molecular complexity index is 1160. The maximum absolute atomic E-state index is 13.5. The SMILES string of the molecule is C[C@H]1CN(C(=O)Cn2cc(-c3cc(C(F)(F)F)nc(N4CC[C@@H]4C)n3)cn2)CCN1C(=O)OC(C)(C)C. The van der Waals surface area contributed by atoms with E-state index in [1.54, 1.807) is 35.5 Å². The van der Waals surface area contributed by atoms with Crippen molar-refractivity contribution in [1.29, 1.82) is 0 Å². The quantitative estimate of drug-likeness (QED) is 0.606. The van der Waals surface area contributed by atoms with E-state index in [-0.39, 0.29) is 36.2 Å². The zero-order valence-corrected chi connectivity index (χ0v) is 21.6. The van der Waals surface area contributed by atoms with Crippen LogP contribution in [0.2, 0.25) is 0 Å².